The number of anilines is 2. The van der Waals surface area contributed by atoms with E-state index >= 15 is 0 Å². The molecule has 29 heavy (non-hydrogen) atoms. The van der Waals surface area contributed by atoms with Crippen molar-refractivity contribution < 1.29 is 0 Å². The fraction of sp³-hybridized carbons (Fsp3) is 0.300. The first-order chi connectivity index (χ1) is 12.8. The molecule has 9 heteroatoms. The van der Waals surface area contributed by atoms with Gasteiger partial charge < -0.3 is 10.2 Å². The Morgan fingerprint density at radius 3 is 2.48 bits per heavy atom. The Morgan fingerprint density at radius 2 is 1.79 bits per heavy atom. The van der Waals surface area contributed by atoms with Gasteiger partial charge in [-0.3, -0.25) is 9.97 Å². The first-order valence-corrected chi connectivity index (χ1v) is 8.93. The molecule has 1 aliphatic heterocycles. The van der Waals surface area contributed by atoms with Crippen LogP contribution in [0.15, 0.2) is 55.1 Å². The minimum Gasteiger partial charge on any atom is -0.325 e. The van der Waals surface area contributed by atoms with Gasteiger partial charge >= 0.3 is 0 Å². The second-order valence-electron chi connectivity index (χ2n) is 6.70. The number of nitrogens with zero attached hydrogens (tertiary/aromatic N) is 5. The molecule has 1 unspecified atom stereocenters. The zero-order chi connectivity index (χ0) is 17.8. The maximum absolute atomic E-state index is 4.60. The highest BCUT2D eigenvalue weighted by Crippen LogP contribution is 2.26. The number of hydrogen-bond donors (Lipinski definition) is 1. The van der Waals surface area contributed by atoms with Crippen LogP contribution >= 0.6 is 37.2 Å². The van der Waals surface area contributed by atoms with E-state index in [2.05, 4.69) is 43.3 Å². The topological polar surface area (TPSA) is 66.8 Å². The summed E-state index contributed by atoms with van der Waals surface area (Å²) in [4.78, 5) is 20.0. The van der Waals surface area contributed by atoms with E-state index in [1.165, 1.54) is 24.9 Å². The molecule has 1 atom stereocenters. The van der Waals surface area contributed by atoms with Crippen molar-refractivity contribution in [3.8, 4) is 11.4 Å². The van der Waals surface area contributed by atoms with Gasteiger partial charge in [0, 0.05) is 25.1 Å². The van der Waals surface area contributed by atoms with Crippen molar-refractivity contribution in [2.24, 2.45) is 0 Å². The molecule has 1 saturated heterocycles. The lowest BCUT2D eigenvalue weighted by atomic mass is 9.92. The second kappa shape index (κ2) is 11.9. The highest BCUT2D eigenvalue weighted by molar-refractivity contribution is 5.86. The molecule has 1 N–H and O–H groups in total. The predicted octanol–water partition coefficient (Wildman–Crippen LogP) is 4.75. The molecule has 0 radical (unpaired) electrons. The standard InChI is InChI=1S/C20H22N6.3ClH/c1-26-11-3-4-16(14-26)15-7-8-19(23-12-15)25-20-6-2-5-17(24-20)18-13-21-9-10-22-18;;;/h2,5-10,12-13,16H,3-4,11,14H2,1H3,(H,23,24,25);3*1H. The van der Waals surface area contributed by atoms with Gasteiger partial charge in [-0.1, -0.05) is 12.1 Å². The summed E-state index contributed by atoms with van der Waals surface area (Å²) in [5.74, 6) is 2.11. The highest BCUT2D eigenvalue weighted by atomic mass is 35.5. The molecular weight excluding hydrogens is 431 g/mol. The molecule has 0 spiro atoms. The Hall–Kier alpha value is -1.99. The molecule has 3 aromatic rings. The van der Waals surface area contributed by atoms with E-state index < -0.39 is 0 Å². The molecule has 156 valence electrons. The highest BCUT2D eigenvalue weighted by Gasteiger charge is 2.19. The van der Waals surface area contributed by atoms with Crippen LogP contribution in [0.4, 0.5) is 11.6 Å². The lowest BCUT2D eigenvalue weighted by molar-refractivity contribution is 0.250. The van der Waals surface area contributed by atoms with Crippen LogP contribution in [0.5, 0.6) is 0 Å². The third-order valence-corrected chi connectivity index (χ3v) is 4.71. The molecule has 0 bridgehead atoms. The molecule has 4 rings (SSSR count). The number of likely N-dealkylation sites (N-methyl/N-ethyl adjacent to an activating group) is 1. The zero-order valence-corrected chi connectivity index (χ0v) is 18.5. The van der Waals surface area contributed by atoms with Crippen LogP contribution in [-0.4, -0.2) is 45.0 Å². The number of pyridine rings is 2. The largest absolute Gasteiger partial charge is 0.325 e. The zero-order valence-electron chi connectivity index (χ0n) is 16.1. The Kier molecular flexibility index (Phi) is 10.3. The van der Waals surface area contributed by atoms with Crippen LogP contribution < -0.4 is 5.32 Å². The van der Waals surface area contributed by atoms with Crippen molar-refractivity contribution in [3.63, 3.8) is 0 Å². The van der Waals surface area contributed by atoms with Gasteiger partial charge in [-0.2, -0.15) is 0 Å². The van der Waals surface area contributed by atoms with E-state index in [0.717, 1.165) is 29.6 Å². The maximum atomic E-state index is 4.60. The van der Waals surface area contributed by atoms with Crippen LogP contribution in [0.1, 0.15) is 24.3 Å². The van der Waals surface area contributed by atoms with Crippen molar-refractivity contribution in [3.05, 3.63) is 60.7 Å². The van der Waals surface area contributed by atoms with E-state index in [4.69, 9.17) is 0 Å². The molecule has 3 aromatic heterocycles. The Balaban J connectivity index is 0.00000140. The minimum absolute atomic E-state index is 0. The van der Waals surface area contributed by atoms with Gasteiger partial charge in [-0.05, 0) is 56.1 Å². The summed E-state index contributed by atoms with van der Waals surface area (Å²) in [6.07, 6.45) is 9.50. The molecular formula is C20H25Cl3N6. The van der Waals surface area contributed by atoms with Crippen LogP contribution in [-0.2, 0) is 0 Å². The van der Waals surface area contributed by atoms with Gasteiger partial charge in [-0.25, -0.2) is 9.97 Å². The fourth-order valence-corrected chi connectivity index (χ4v) is 3.37. The third-order valence-electron chi connectivity index (χ3n) is 4.71. The summed E-state index contributed by atoms with van der Waals surface area (Å²) in [5.41, 5.74) is 2.84. The summed E-state index contributed by atoms with van der Waals surface area (Å²) in [6, 6.07) is 9.99. The predicted molar refractivity (Wildman–Crippen MR) is 124 cm³/mol. The molecule has 6 nitrogen and oxygen atoms in total. The van der Waals surface area contributed by atoms with Gasteiger partial charge in [-0.15, -0.1) is 37.2 Å². The molecule has 0 aromatic carbocycles. The smallest absolute Gasteiger partial charge is 0.132 e. The SMILES string of the molecule is CN1CCCC(c2ccc(Nc3cccc(-c4cnccn4)n3)nc2)C1.Cl.Cl.Cl. The molecule has 0 aliphatic carbocycles. The van der Waals surface area contributed by atoms with E-state index in [9.17, 15) is 0 Å². The molecule has 1 fully saturated rings. The Morgan fingerprint density at radius 1 is 0.931 bits per heavy atom. The van der Waals surface area contributed by atoms with E-state index in [1.807, 2.05) is 30.5 Å². The van der Waals surface area contributed by atoms with Crippen LogP contribution in [0.25, 0.3) is 11.4 Å². The summed E-state index contributed by atoms with van der Waals surface area (Å²) in [7, 11) is 2.19. The number of rotatable bonds is 4. The van der Waals surface area contributed by atoms with Crippen molar-refractivity contribution in [2.75, 3.05) is 25.5 Å². The lowest BCUT2D eigenvalue weighted by Crippen LogP contribution is -2.30. The summed E-state index contributed by atoms with van der Waals surface area (Å²) >= 11 is 0. The monoisotopic (exact) mass is 454 g/mol. The summed E-state index contributed by atoms with van der Waals surface area (Å²) in [6.45, 7) is 2.30. The van der Waals surface area contributed by atoms with Crippen LogP contribution in [0, 0.1) is 0 Å². The van der Waals surface area contributed by atoms with E-state index in [-0.39, 0.29) is 37.2 Å². The number of piperidine rings is 1. The molecule has 0 amide bonds. The first kappa shape index (κ1) is 25.0. The van der Waals surface area contributed by atoms with Gasteiger partial charge in [0.05, 0.1) is 11.9 Å². The molecule has 1 aliphatic rings. The number of likely N-dealkylation sites (tertiary alicyclic amines) is 1. The Labute approximate surface area is 189 Å². The second-order valence-corrected chi connectivity index (χ2v) is 6.70. The lowest BCUT2D eigenvalue weighted by Gasteiger charge is -2.29. The van der Waals surface area contributed by atoms with Crippen molar-refractivity contribution >= 4 is 48.9 Å². The summed E-state index contributed by atoms with van der Waals surface area (Å²) < 4.78 is 0. The average Bonchev–Trinajstić information content (AvgIpc) is 2.69. The van der Waals surface area contributed by atoms with Gasteiger partial charge in [0.2, 0.25) is 0 Å². The van der Waals surface area contributed by atoms with Crippen molar-refractivity contribution in [1.82, 2.24) is 24.8 Å². The summed E-state index contributed by atoms with van der Waals surface area (Å²) in [5, 5.41) is 3.27. The van der Waals surface area contributed by atoms with E-state index in [0.29, 0.717) is 5.92 Å². The fourth-order valence-electron chi connectivity index (χ4n) is 3.37. The minimum atomic E-state index is 0. The average molecular weight is 456 g/mol. The van der Waals surface area contributed by atoms with Crippen molar-refractivity contribution in [1.29, 1.82) is 0 Å². The first-order valence-electron chi connectivity index (χ1n) is 8.93. The van der Waals surface area contributed by atoms with Gasteiger partial charge in [0.15, 0.2) is 0 Å². The normalized spacial score (nSPS) is 16.0. The maximum Gasteiger partial charge on any atom is 0.132 e. The third kappa shape index (κ3) is 6.51. The van der Waals surface area contributed by atoms with Crippen LogP contribution in [0.2, 0.25) is 0 Å². The van der Waals surface area contributed by atoms with Gasteiger partial charge in [0.1, 0.15) is 17.3 Å². The Bertz CT molecular complexity index is 864. The quantitative estimate of drug-likeness (QED) is 0.612. The van der Waals surface area contributed by atoms with Crippen molar-refractivity contribution in [2.45, 2.75) is 18.8 Å². The number of hydrogen-bond acceptors (Lipinski definition) is 6. The molecule has 0 saturated carbocycles. The molecule has 4 heterocycles. The van der Waals surface area contributed by atoms with Crippen LogP contribution in [0.3, 0.4) is 0 Å². The number of nitrogens with one attached hydrogen (secondary N) is 1. The number of aromatic nitrogens is 4. The van der Waals surface area contributed by atoms with E-state index in [1.54, 1.807) is 18.6 Å². The van der Waals surface area contributed by atoms with Gasteiger partial charge in [0.25, 0.3) is 0 Å². The number of halogens is 3.